The van der Waals surface area contributed by atoms with E-state index in [2.05, 4.69) is 16.9 Å². The number of hydrogen-bond donors (Lipinski definition) is 2. The Hall–Kier alpha value is -0.830. The van der Waals surface area contributed by atoms with Crippen LogP contribution in [0.5, 0.6) is 0 Å². The number of H-pyrrole nitrogens is 1. The van der Waals surface area contributed by atoms with Crippen LogP contribution in [-0.4, -0.2) is 15.1 Å². The van der Waals surface area contributed by atoms with Gasteiger partial charge in [-0.2, -0.15) is 0 Å². The van der Waals surface area contributed by atoms with Crippen molar-refractivity contribution in [2.24, 2.45) is 11.8 Å². The molecule has 0 aliphatic heterocycles. The summed E-state index contributed by atoms with van der Waals surface area (Å²) in [4.78, 5) is 7.09. The molecule has 0 spiro atoms. The third-order valence-electron chi connectivity index (χ3n) is 3.31. The second-order valence-corrected chi connectivity index (χ2v) is 4.44. The summed E-state index contributed by atoms with van der Waals surface area (Å²) in [6.07, 6.45) is 7.81. The summed E-state index contributed by atoms with van der Waals surface area (Å²) in [6, 6.07) is 0. The van der Waals surface area contributed by atoms with Gasteiger partial charge >= 0.3 is 0 Å². The van der Waals surface area contributed by atoms with Crippen LogP contribution in [-0.2, 0) is 0 Å². The molecule has 1 aromatic heterocycles. The SMILES string of the molecule is CC1CCC(C(O)c2ncc[nH]2)CC1. The zero-order valence-corrected chi connectivity index (χ0v) is 8.61. The average molecular weight is 194 g/mol. The van der Waals surface area contributed by atoms with E-state index in [1.807, 2.05) is 0 Å². The Bertz CT molecular complexity index is 263. The highest BCUT2D eigenvalue weighted by Gasteiger charge is 2.26. The lowest BCUT2D eigenvalue weighted by molar-refractivity contribution is 0.0691. The Morgan fingerprint density at radius 3 is 2.71 bits per heavy atom. The molecule has 2 N–H and O–H groups in total. The molecule has 1 aliphatic carbocycles. The van der Waals surface area contributed by atoms with Crippen LogP contribution in [0.15, 0.2) is 12.4 Å². The van der Waals surface area contributed by atoms with Crippen molar-refractivity contribution in [3.63, 3.8) is 0 Å². The van der Waals surface area contributed by atoms with Crippen molar-refractivity contribution in [1.82, 2.24) is 9.97 Å². The van der Waals surface area contributed by atoms with Gasteiger partial charge in [0.15, 0.2) is 0 Å². The van der Waals surface area contributed by atoms with Gasteiger partial charge in [-0.1, -0.05) is 19.8 Å². The Balaban J connectivity index is 1.95. The number of aliphatic hydroxyl groups excluding tert-OH is 1. The van der Waals surface area contributed by atoms with Gasteiger partial charge in [-0.3, -0.25) is 0 Å². The van der Waals surface area contributed by atoms with Gasteiger partial charge in [0.25, 0.3) is 0 Å². The van der Waals surface area contributed by atoms with Crippen LogP contribution in [0.3, 0.4) is 0 Å². The van der Waals surface area contributed by atoms with Gasteiger partial charge in [-0.05, 0) is 24.7 Å². The number of rotatable bonds is 2. The molecule has 2 rings (SSSR count). The molecule has 1 saturated carbocycles. The maximum absolute atomic E-state index is 10.0. The first kappa shape index (κ1) is 9.71. The normalized spacial score (nSPS) is 30.1. The lowest BCUT2D eigenvalue weighted by atomic mass is 9.80. The van der Waals surface area contributed by atoms with Crippen molar-refractivity contribution in [3.05, 3.63) is 18.2 Å². The molecule has 0 aromatic carbocycles. The lowest BCUT2D eigenvalue weighted by Crippen LogP contribution is -2.20. The van der Waals surface area contributed by atoms with E-state index >= 15 is 0 Å². The summed E-state index contributed by atoms with van der Waals surface area (Å²) in [5.41, 5.74) is 0. The van der Waals surface area contributed by atoms with Crippen LogP contribution < -0.4 is 0 Å². The van der Waals surface area contributed by atoms with Crippen molar-refractivity contribution in [2.45, 2.75) is 38.7 Å². The standard InChI is InChI=1S/C11H18N2O/c1-8-2-4-9(5-3-8)10(14)11-12-6-7-13-11/h6-10,14H,2-5H2,1H3,(H,12,13). The zero-order valence-electron chi connectivity index (χ0n) is 8.61. The van der Waals surface area contributed by atoms with Crippen LogP contribution >= 0.6 is 0 Å². The van der Waals surface area contributed by atoms with Gasteiger partial charge < -0.3 is 10.1 Å². The number of aromatic nitrogens is 2. The molecular formula is C11H18N2O. The van der Waals surface area contributed by atoms with E-state index in [4.69, 9.17) is 0 Å². The average Bonchev–Trinajstić information content (AvgIpc) is 2.71. The second kappa shape index (κ2) is 4.13. The smallest absolute Gasteiger partial charge is 0.135 e. The highest BCUT2D eigenvalue weighted by atomic mass is 16.3. The summed E-state index contributed by atoms with van der Waals surface area (Å²) in [5.74, 6) is 1.96. The van der Waals surface area contributed by atoms with E-state index in [0.29, 0.717) is 5.92 Å². The maximum atomic E-state index is 10.0. The number of aliphatic hydroxyl groups is 1. The zero-order chi connectivity index (χ0) is 9.97. The molecule has 0 radical (unpaired) electrons. The molecule has 1 unspecified atom stereocenters. The topological polar surface area (TPSA) is 48.9 Å². The van der Waals surface area contributed by atoms with E-state index in [-0.39, 0.29) is 0 Å². The third-order valence-corrected chi connectivity index (χ3v) is 3.31. The van der Waals surface area contributed by atoms with Crippen LogP contribution in [0, 0.1) is 11.8 Å². The second-order valence-electron chi connectivity index (χ2n) is 4.44. The minimum Gasteiger partial charge on any atom is -0.385 e. The molecule has 1 atom stereocenters. The summed E-state index contributed by atoms with van der Waals surface area (Å²) >= 11 is 0. The molecule has 0 saturated heterocycles. The highest BCUT2D eigenvalue weighted by molar-refractivity contribution is 4.95. The van der Waals surface area contributed by atoms with E-state index in [0.717, 1.165) is 24.6 Å². The molecular weight excluding hydrogens is 176 g/mol. The summed E-state index contributed by atoms with van der Waals surface area (Å²) in [7, 11) is 0. The van der Waals surface area contributed by atoms with Gasteiger partial charge in [0.2, 0.25) is 0 Å². The predicted octanol–water partition coefficient (Wildman–Crippen LogP) is 2.27. The highest BCUT2D eigenvalue weighted by Crippen LogP contribution is 2.35. The van der Waals surface area contributed by atoms with E-state index < -0.39 is 6.10 Å². The van der Waals surface area contributed by atoms with Crippen molar-refractivity contribution in [2.75, 3.05) is 0 Å². The van der Waals surface area contributed by atoms with Crippen molar-refractivity contribution in [3.8, 4) is 0 Å². The summed E-state index contributed by atoms with van der Waals surface area (Å²) < 4.78 is 0. The Kier molecular flexibility index (Phi) is 2.87. The fourth-order valence-corrected chi connectivity index (χ4v) is 2.26. The van der Waals surface area contributed by atoms with Crippen LogP contribution in [0.25, 0.3) is 0 Å². The minimum absolute atomic E-state index is 0.391. The summed E-state index contributed by atoms with van der Waals surface area (Å²) in [5, 5.41) is 10.0. The molecule has 1 fully saturated rings. The van der Waals surface area contributed by atoms with Gasteiger partial charge in [0, 0.05) is 12.4 Å². The molecule has 78 valence electrons. The van der Waals surface area contributed by atoms with Crippen molar-refractivity contribution < 1.29 is 5.11 Å². The Labute approximate surface area is 84.6 Å². The summed E-state index contributed by atoms with van der Waals surface area (Å²) in [6.45, 7) is 2.29. The first-order valence-electron chi connectivity index (χ1n) is 5.44. The first-order valence-corrected chi connectivity index (χ1v) is 5.44. The monoisotopic (exact) mass is 194 g/mol. The predicted molar refractivity (Wildman–Crippen MR) is 54.7 cm³/mol. The van der Waals surface area contributed by atoms with Crippen LogP contribution in [0.4, 0.5) is 0 Å². The fourth-order valence-electron chi connectivity index (χ4n) is 2.26. The number of imidazole rings is 1. The quantitative estimate of drug-likeness (QED) is 0.758. The molecule has 1 heterocycles. The lowest BCUT2D eigenvalue weighted by Gasteiger charge is -2.28. The van der Waals surface area contributed by atoms with Gasteiger partial charge in [0.05, 0.1) is 0 Å². The molecule has 3 heteroatoms. The number of aromatic amines is 1. The fraction of sp³-hybridized carbons (Fsp3) is 0.727. The van der Waals surface area contributed by atoms with Gasteiger partial charge in [-0.25, -0.2) is 4.98 Å². The maximum Gasteiger partial charge on any atom is 0.135 e. The molecule has 14 heavy (non-hydrogen) atoms. The Morgan fingerprint density at radius 2 is 2.14 bits per heavy atom. The van der Waals surface area contributed by atoms with Crippen LogP contribution in [0.2, 0.25) is 0 Å². The van der Waals surface area contributed by atoms with E-state index in [9.17, 15) is 5.11 Å². The molecule has 3 nitrogen and oxygen atoms in total. The first-order chi connectivity index (χ1) is 6.77. The molecule has 1 aromatic rings. The van der Waals surface area contributed by atoms with Crippen molar-refractivity contribution in [1.29, 1.82) is 0 Å². The van der Waals surface area contributed by atoms with Gasteiger partial charge in [-0.15, -0.1) is 0 Å². The molecule has 1 aliphatic rings. The number of nitrogens with zero attached hydrogens (tertiary/aromatic N) is 1. The van der Waals surface area contributed by atoms with Crippen molar-refractivity contribution >= 4 is 0 Å². The molecule has 0 amide bonds. The van der Waals surface area contributed by atoms with Crippen LogP contribution in [0.1, 0.15) is 44.5 Å². The Morgan fingerprint density at radius 1 is 1.43 bits per heavy atom. The number of nitrogens with one attached hydrogen (secondary N) is 1. The molecule has 0 bridgehead atoms. The number of hydrogen-bond acceptors (Lipinski definition) is 2. The minimum atomic E-state index is -0.391. The van der Waals surface area contributed by atoms with E-state index in [1.54, 1.807) is 12.4 Å². The van der Waals surface area contributed by atoms with Gasteiger partial charge in [0.1, 0.15) is 11.9 Å². The van der Waals surface area contributed by atoms with E-state index in [1.165, 1.54) is 12.8 Å². The largest absolute Gasteiger partial charge is 0.385 e. The third kappa shape index (κ3) is 1.98.